The minimum atomic E-state index is -3.65. The summed E-state index contributed by atoms with van der Waals surface area (Å²) >= 11 is 0. The average Bonchev–Trinajstić information content (AvgIpc) is 2.31. The van der Waals surface area contributed by atoms with E-state index >= 15 is 0 Å². The van der Waals surface area contributed by atoms with Gasteiger partial charge in [0, 0.05) is 10.6 Å². The zero-order valence-corrected chi connectivity index (χ0v) is 12.2. The SMILES string of the molecule is O=P([O-])(c1ccccc1)c1ccccc1.[Cl-].[Mg+2]. The van der Waals surface area contributed by atoms with Crippen LogP contribution in [0.25, 0.3) is 0 Å². The Bertz CT molecular complexity index is 447. The first-order chi connectivity index (χ1) is 7.21. The molecule has 0 aliphatic carbocycles. The summed E-state index contributed by atoms with van der Waals surface area (Å²) in [5.74, 6) is 0. The first-order valence-electron chi connectivity index (χ1n) is 4.63. The van der Waals surface area contributed by atoms with E-state index in [0.29, 0.717) is 10.6 Å². The third kappa shape index (κ3) is 3.83. The van der Waals surface area contributed by atoms with E-state index in [1.807, 2.05) is 0 Å². The molecule has 17 heavy (non-hydrogen) atoms. The molecule has 0 heterocycles. The van der Waals surface area contributed by atoms with Crippen molar-refractivity contribution < 1.29 is 21.9 Å². The van der Waals surface area contributed by atoms with Crippen LogP contribution in [0.3, 0.4) is 0 Å². The Morgan fingerprint density at radius 1 is 0.765 bits per heavy atom. The molecule has 2 aromatic rings. The Morgan fingerprint density at radius 2 is 1.06 bits per heavy atom. The zero-order chi connectivity index (χ0) is 10.7. The third-order valence-corrected chi connectivity index (χ3v) is 4.15. The molecule has 0 N–H and O–H groups in total. The molecule has 0 amide bonds. The molecule has 2 nitrogen and oxygen atoms in total. The van der Waals surface area contributed by atoms with E-state index in [1.54, 1.807) is 60.7 Å². The maximum absolute atomic E-state index is 12.1. The zero-order valence-electron chi connectivity index (χ0n) is 9.12. The second-order valence-electron chi connectivity index (χ2n) is 3.22. The largest absolute Gasteiger partial charge is 2.00 e. The van der Waals surface area contributed by atoms with Crippen molar-refractivity contribution >= 4 is 41.0 Å². The molecule has 0 aromatic heterocycles. The Balaban J connectivity index is 0.00000128. The fraction of sp³-hybridized carbons (Fsp3) is 0. The molecule has 0 spiro atoms. The Kier molecular flexibility index (Phi) is 7.06. The van der Waals surface area contributed by atoms with Gasteiger partial charge in [-0.3, -0.25) is 0 Å². The van der Waals surface area contributed by atoms with Crippen molar-refractivity contribution in [3.05, 3.63) is 60.7 Å². The second-order valence-corrected chi connectivity index (χ2v) is 5.36. The summed E-state index contributed by atoms with van der Waals surface area (Å²) < 4.78 is 12.1. The van der Waals surface area contributed by atoms with E-state index in [2.05, 4.69) is 0 Å². The molecule has 0 aliphatic heterocycles. The van der Waals surface area contributed by atoms with Crippen molar-refractivity contribution in [2.75, 3.05) is 0 Å². The number of benzene rings is 2. The molecule has 0 radical (unpaired) electrons. The molecular formula is C12H10ClMgO2P. The molecule has 0 saturated heterocycles. The molecule has 84 valence electrons. The summed E-state index contributed by atoms with van der Waals surface area (Å²) in [6.07, 6.45) is 0. The number of hydrogen-bond donors (Lipinski definition) is 0. The van der Waals surface area contributed by atoms with Crippen molar-refractivity contribution in [3.63, 3.8) is 0 Å². The standard InChI is InChI=1S/C12H11O2P.ClH.Mg/c13-15(14,11-7-3-1-4-8-11)12-9-5-2-6-10-12;;/h1-10H,(H,13,14);1H;/q;;+2/p-2. The van der Waals surface area contributed by atoms with E-state index in [1.165, 1.54) is 0 Å². The van der Waals surface area contributed by atoms with Crippen molar-refractivity contribution in [1.29, 1.82) is 0 Å². The Labute approximate surface area is 123 Å². The van der Waals surface area contributed by atoms with Gasteiger partial charge in [0.15, 0.2) is 0 Å². The van der Waals surface area contributed by atoms with Gasteiger partial charge in [0.05, 0.1) is 7.37 Å². The van der Waals surface area contributed by atoms with Crippen LogP contribution in [0.1, 0.15) is 0 Å². The molecule has 0 aliphatic rings. The first kappa shape index (κ1) is 16.7. The second kappa shape index (κ2) is 7.19. The average molecular weight is 277 g/mol. The van der Waals surface area contributed by atoms with Crippen molar-refractivity contribution in [2.24, 2.45) is 0 Å². The van der Waals surface area contributed by atoms with Gasteiger partial charge >= 0.3 is 23.1 Å². The summed E-state index contributed by atoms with van der Waals surface area (Å²) in [7, 11) is -3.65. The van der Waals surface area contributed by atoms with Gasteiger partial charge in [-0.1, -0.05) is 60.7 Å². The summed E-state index contributed by atoms with van der Waals surface area (Å²) in [5, 5.41) is 0.715. The summed E-state index contributed by atoms with van der Waals surface area (Å²) in [5.41, 5.74) is 0. The van der Waals surface area contributed by atoms with Crippen LogP contribution in [0.2, 0.25) is 0 Å². The summed E-state index contributed by atoms with van der Waals surface area (Å²) in [6, 6.07) is 16.9. The molecule has 0 bridgehead atoms. The van der Waals surface area contributed by atoms with Crippen LogP contribution in [-0.4, -0.2) is 23.1 Å². The van der Waals surface area contributed by atoms with Crippen LogP contribution in [0, 0.1) is 0 Å². The van der Waals surface area contributed by atoms with Crippen LogP contribution in [0.15, 0.2) is 60.7 Å². The molecule has 5 heteroatoms. The minimum absolute atomic E-state index is 0. The summed E-state index contributed by atoms with van der Waals surface area (Å²) in [6.45, 7) is 0. The normalized spacial score (nSPS) is 9.94. The molecule has 0 saturated carbocycles. The quantitative estimate of drug-likeness (QED) is 0.466. The van der Waals surface area contributed by atoms with Crippen molar-refractivity contribution in [2.45, 2.75) is 0 Å². The predicted molar refractivity (Wildman–Crippen MR) is 65.5 cm³/mol. The molecule has 0 atom stereocenters. The maximum atomic E-state index is 12.1. The van der Waals surface area contributed by atoms with E-state index in [-0.39, 0.29) is 35.5 Å². The molecule has 2 rings (SSSR count). The predicted octanol–water partition coefficient (Wildman–Crippen LogP) is -2.10. The fourth-order valence-electron chi connectivity index (χ4n) is 1.40. The van der Waals surface area contributed by atoms with Gasteiger partial charge in [0.2, 0.25) is 0 Å². The summed E-state index contributed by atoms with van der Waals surface area (Å²) in [4.78, 5) is 12.1. The van der Waals surface area contributed by atoms with Gasteiger partial charge < -0.3 is 21.9 Å². The first-order valence-corrected chi connectivity index (χ1v) is 6.26. The Hall–Kier alpha value is -0.314. The van der Waals surface area contributed by atoms with Gasteiger partial charge in [0.1, 0.15) is 0 Å². The smallest absolute Gasteiger partial charge is 1.00 e. The van der Waals surface area contributed by atoms with Gasteiger partial charge in [0.25, 0.3) is 0 Å². The number of hydrogen-bond acceptors (Lipinski definition) is 2. The van der Waals surface area contributed by atoms with Gasteiger partial charge in [-0.2, -0.15) is 0 Å². The van der Waals surface area contributed by atoms with Crippen LogP contribution in [0.5, 0.6) is 0 Å². The van der Waals surface area contributed by atoms with Crippen LogP contribution in [-0.2, 0) is 4.57 Å². The van der Waals surface area contributed by atoms with E-state index in [4.69, 9.17) is 0 Å². The molecular weight excluding hydrogens is 267 g/mol. The minimum Gasteiger partial charge on any atom is -1.00 e. The van der Waals surface area contributed by atoms with E-state index in [0.717, 1.165) is 0 Å². The van der Waals surface area contributed by atoms with E-state index in [9.17, 15) is 9.46 Å². The van der Waals surface area contributed by atoms with Crippen molar-refractivity contribution in [1.82, 2.24) is 0 Å². The number of rotatable bonds is 2. The fourth-order valence-corrected chi connectivity index (χ4v) is 2.82. The molecule has 0 unspecified atom stereocenters. The molecule has 2 aromatic carbocycles. The van der Waals surface area contributed by atoms with Crippen molar-refractivity contribution in [3.8, 4) is 0 Å². The maximum Gasteiger partial charge on any atom is 2.00 e. The van der Waals surface area contributed by atoms with Crippen LogP contribution >= 0.6 is 7.37 Å². The molecule has 0 fully saturated rings. The van der Waals surface area contributed by atoms with Gasteiger partial charge in [-0.25, -0.2) is 0 Å². The topological polar surface area (TPSA) is 40.1 Å². The Morgan fingerprint density at radius 3 is 1.35 bits per heavy atom. The number of halogens is 1. The van der Waals surface area contributed by atoms with Gasteiger partial charge in [-0.05, 0) is 0 Å². The van der Waals surface area contributed by atoms with Crippen LogP contribution < -0.4 is 27.9 Å². The van der Waals surface area contributed by atoms with E-state index < -0.39 is 7.37 Å². The van der Waals surface area contributed by atoms with Crippen LogP contribution in [0.4, 0.5) is 0 Å². The van der Waals surface area contributed by atoms with Gasteiger partial charge in [-0.15, -0.1) is 0 Å². The third-order valence-electron chi connectivity index (χ3n) is 2.19. The monoisotopic (exact) mass is 276 g/mol.